The molecule has 0 aliphatic rings. The molecule has 0 radical (unpaired) electrons. The number of nitrogens with one attached hydrogen (secondary N) is 1. The average molecular weight is 463 g/mol. The number of alkyl halides is 3. The molecule has 3 atom stereocenters. The van der Waals surface area contributed by atoms with Crippen LogP contribution in [0.5, 0.6) is 0 Å². The number of aliphatic carboxylic acids is 2. The Morgan fingerprint density at radius 3 is 2.28 bits per heavy atom. The summed E-state index contributed by atoms with van der Waals surface area (Å²) in [6.07, 6.45) is -6.52. The van der Waals surface area contributed by atoms with E-state index in [0.717, 1.165) is 13.0 Å². The molecule has 1 aromatic rings. The number of urea groups is 1. The summed E-state index contributed by atoms with van der Waals surface area (Å²) < 4.78 is 65.4. The number of anilines is 1. The van der Waals surface area contributed by atoms with Gasteiger partial charge < -0.3 is 20.4 Å². The molecular formula is C15H15ClF4N2O6S. The fraction of sp³-hybridized carbons (Fsp3) is 0.400. The highest BCUT2D eigenvalue weighted by Crippen LogP contribution is 2.30. The van der Waals surface area contributed by atoms with Crippen LogP contribution in [0, 0.1) is 5.82 Å². The molecule has 1 rings (SSSR count). The number of carbonyl (C=O) groups excluding carboxylic acids is 1. The molecule has 2 amide bonds. The maximum atomic E-state index is 14.1. The molecule has 0 heterocycles. The molecule has 0 saturated carbocycles. The van der Waals surface area contributed by atoms with Crippen molar-refractivity contribution in [2.75, 3.05) is 12.4 Å². The Balaban J connectivity index is 3.21. The zero-order valence-electron chi connectivity index (χ0n) is 14.8. The summed E-state index contributed by atoms with van der Waals surface area (Å²) in [6, 6.07) is -2.86. The minimum absolute atomic E-state index is 0.0265. The van der Waals surface area contributed by atoms with Crippen molar-refractivity contribution in [1.82, 2.24) is 4.90 Å². The molecule has 0 aliphatic carbocycles. The van der Waals surface area contributed by atoms with Gasteiger partial charge in [-0.05, 0) is 19.1 Å². The van der Waals surface area contributed by atoms with Crippen LogP contribution in [0.1, 0.15) is 13.3 Å². The van der Waals surface area contributed by atoms with Crippen molar-refractivity contribution in [3.8, 4) is 0 Å². The molecule has 0 aliphatic heterocycles. The fourth-order valence-electron chi connectivity index (χ4n) is 2.04. The van der Waals surface area contributed by atoms with Gasteiger partial charge in [0.2, 0.25) is 0 Å². The summed E-state index contributed by atoms with van der Waals surface area (Å²) in [5.74, 6) is -4.46. The molecular weight excluding hydrogens is 448 g/mol. The molecule has 162 valence electrons. The van der Waals surface area contributed by atoms with Crippen LogP contribution in [0.2, 0.25) is 5.02 Å². The van der Waals surface area contributed by atoms with Crippen LogP contribution in [0.3, 0.4) is 0 Å². The first-order valence-corrected chi connectivity index (χ1v) is 9.20. The quantitative estimate of drug-likeness (QED) is 0.535. The minimum atomic E-state index is -5.08. The number of carboxylic acid groups (broad SMARTS) is 2. The van der Waals surface area contributed by atoms with Crippen molar-refractivity contribution < 1.29 is 46.4 Å². The number of hydrogen-bond acceptors (Lipinski definition) is 4. The van der Waals surface area contributed by atoms with E-state index in [-0.39, 0.29) is 9.80 Å². The van der Waals surface area contributed by atoms with Crippen molar-refractivity contribution >= 4 is 46.1 Å². The number of rotatable bonds is 7. The zero-order valence-corrected chi connectivity index (χ0v) is 16.4. The lowest BCUT2D eigenvalue weighted by molar-refractivity contribution is -0.180. The number of halogens is 5. The van der Waals surface area contributed by atoms with Crippen LogP contribution in [0.4, 0.5) is 28.0 Å². The van der Waals surface area contributed by atoms with E-state index >= 15 is 0 Å². The van der Waals surface area contributed by atoms with Crippen LogP contribution in [-0.2, 0) is 20.4 Å². The molecule has 3 N–H and O–H groups in total. The van der Waals surface area contributed by atoms with E-state index in [1.807, 2.05) is 0 Å². The first-order valence-electron chi connectivity index (χ1n) is 7.61. The smallest absolute Gasteiger partial charge is 0.409 e. The van der Waals surface area contributed by atoms with Gasteiger partial charge in [0.25, 0.3) is 0 Å². The van der Waals surface area contributed by atoms with E-state index < -0.39 is 69.2 Å². The van der Waals surface area contributed by atoms with Crippen molar-refractivity contribution in [2.45, 2.75) is 35.7 Å². The number of carboxylic acids is 2. The number of amides is 2. The van der Waals surface area contributed by atoms with E-state index in [0.29, 0.717) is 13.1 Å². The van der Waals surface area contributed by atoms with Crippen LogP contribution < -0.4 is 5.32 Å². The lowest BCUT2D eigenvalue weighted by atomic mass is 10.2. The zero-order chi connectivity index (χ0) is 22.7. The molecule has 3 unspecified atom stereocenters. The van der Waals surface area contributed by atoms with Gasteiger partial charge in [-0.15, -0.1) is 0 Å². The highest BCUT2D eigenvalue weighted by atomic mass is 35.5. The summed E-state index contributed by atoms with van der Waals surface area (Å²) >= 11 is 5.75. The van der Waals surface area contributed by atoms with Gasteiger partial charge in [0.1, 0.15) is 17.1 Å². The predicted molar refractivity (Wildman–Crippen MR) is 93.8 cm³/mol. The molecule has 14 heteroatoms. The van der Waals surface area contributed by atoms with Gasteiger partial charge >= 0.3 is 24.1 Å². The molecule has 0 fully saturated rings. The van der Waals surface area contributed by atoms with Crippen molar-refractivity contribution in [1.29, 1.82) is 0 Å². The SMILES string of the molecule is CC(C(=O)O)S(=O)c1cc(NC(=O)N(C)C(CC(=O)O)C(F)(F)F)c(F)cc1Cl. The third kappa shape index (κ3) is 6.29. The van der Waals surface area contributed by atoms with Gasteiger partial charge in [-0.3, -0.25) is 13.8 Å². The van der Waals surface area contributed by atoms with E-state index in [4.69, 9.17) is 21.8 Å². The summed E-state index contributed by atoms with van der Waals surface area (Å²) in [7, 11) is -1.60. The molecule has 0 aromatic heterocycles. The molecule has 8 nitrogen and oxygen atoms in total. The Bertz CT molecular complexity index is 851. The number of nitrogens with zero attached hydrogens (tertiary/aromatic N) is 1. The monoisotopic (exact) mass is 462 g/mol. The molecule has 0 saturated heterocycles. The number of benzene rings is 1. The molecule has 29 heavy (non-hydrogen) atoms. The fourth-order valence-corrected chi connectivity index (χ4v) is 3.47. The van der Waals surface area contributed by atoms with Crippen molar-refractivity contribution in [3.63, 3.8) is 0 Å². The molecule has 0 spiro atoms. The van der Waals surface area contributed by atoms with Crippen LogP contribution >= 0.6 is 11.6 Å². The molecule has 0 bridgehead atoms. The summed E-state index contributed by atoms with van der Waals surface area (Å²) in [4.78, 5) is 33.4. The van der Waals surface area contributed by atoms with Gasteiger partial charge in [-0.25, -0.2) is 9.18 Å². The van der Waals surface area contributed by atoms with Crippen molar-refractivity contribution in [2.24, 2.45) is 0 Å². The second kappa shape index (κ2) is 9.39. The number of hydrogen-bond donors (Lipinski definition) is 3. The highest BCUT2D eigenvalue weighted by Gasteiger charge is 2.45. The van der Waals surface area contributed by atoms with E-state index in [2.05, 4.69) is 0 Å². The molecule has 1 aromatic carbocycles. The van der Waals surface area contributed by atoms with Gasteiger partial charge in [0.15, 0.2) is 0 Å². The predicted octanol–water partition coefficient (Wildman–Crippen LogP) is 2.93. The first kappa shape index (κ1) is 24.6. The lowest BCUT2D eigenvalue weighted by Gasteiger charge is -2.29. The standard InChI is InChI=1S/C15H15ClF4N2O6S/c1-6(13(25)26)29(28)10-4-9(8(17)3-7(10)16)21-14(27)22(2)11(5-12(23)24)15(18,19)20/h3-4,6,11H,5H2,1-2H3,(H,21,27)(H,23,24)(H,25,26). The van der Waals surface area contributed by atoms with Crippen LogP contribution in [0.25, 0.3) is 0 Å². The Labute approximate surface area is 168 Å². The maximum Gasteiger partial charge on any atom is 0.409 e. The Morgan fingerprint density at radius 2 is 1.83 bits per heavy atom. The second-order valence-electron chi connectivity index (χ2n) is 5.74. The summed E-state index contributed by atoms with van der Waals surface area (Å²) in [5, 5.41) is 17.5. The van der Waals surface area contributed by atoms with E-state index in [9.17, 15) is 36.2 Å². The normalized spacial score (nSPS) is 14.6. The van der Waals surface area contributed by atoms with Gasteiger partial charge in [0, 0.05) is 7.05 Å². The topological polar surface area (TPSA) is 124 Å². The van der Waals surface area contributed by atoms with Crippen LogP contribution in [0.15, 0.2) is 17.0 Å². The van der Waals surface area contributed by atoms with E-state index in [1.54, 1.807) is 5.32 Å². The first-order chi connectivity index (χ1) is 13.2. The van der Waals surface area contributed by atoms with E-state index in [1.165, 1.54) is 0 Å². The minimum Gasteiger partial charge on any atom is -0.481 e. The Hall–Kier alpha value is -2.41. The summed E-state index contributed by atoms with van der Waals surface area (Å²) in [5.41, 5.74) is -0.719. The average Bonchev–Trinajstić information content (AvgIpc) is 2.58. The second-order valence-corrected chi connectivity index (χ2v) is 7.89. The highest BCUT2D eigenvalue weighted by molar-refractivity contribution is 7.86. The largest absolute Gasteiger partial charge is 0.481 e. The maximum absolute atomic E-state index is 14.1. The van der Waals surface area contributed by atoms with Gasteiger partial charge in [-0.2, -0.15) is 13.2 Å². The lowest BCUT2D eigenvalue weighted by Crippen LogP contribution is -2.49. The van der Waals surface area contributed by atoms with Crippen molar-refractivity contribution in [3.05, 3.63) is 23.0 Å². The third-order valence-electron chi connectivity index (χ3n) is 3.68. The Kier molecular flexibility index (Phi) is 7.98. The third-order valence-corrected chi connectivity index (χ3v) is 5.72. The summed E-state index contributed by atoms with van der Waals surface area (Å²) in [6.45, 7) is 1.09. The van der Waals surface area contributed by atoms with Crippen LogP contribution in [-0.4, -0.2) is 61.8 Å². The van der Waals surface area contributed by atoms with Gasteiger partial charge in [0.05, 0.1) is 32.8 Å². The Morgan fingerprint density at radius 1 is 1.28 bits per heavy atom. The van der Waals surface area contributed by atoms with Gasteiger partial charge in [-0.1, -0.05) is 11.6 Å². The number of carbonyl (C=O) groups is 3.